The predicted octanol–water partition coefficient (Wildman–Crippen LogP) is 4.22. The van der Waals surface area contributed by atoms with Gasteiger partial charge in [0.25, 0.3) is 0 Å². The van der Waals surface area contributed by atoms with Crippen LogP contribution in [0.5, 0.6) is 0 Å². The van der Waals surface area contributed by atoms with Crippen molar-refractivity contribution in [1.82, 2.24) is 0 Å². The monoisotopic (exact) mass is 240 g/mol. The first-order valence-electron chi connectivity index (χ1n) is 6.13. The molecule has 2 heterocycles. The fourth-order valence-corrected chi connectivity index (χ4v) is 3.20. The van der Waals surface area contributed by atoms with Gasteiger partial charge in [-0.25, -0.2) is 0 Å². The number of rotatable bonds is 0. The van der Waals surface area contributed by atoms with Crippen LogP contribution in [0.25, 0.3) is 0 Å². The van der Waals surface area contributed by atoms with Gasteiger partial charge >= 0.3 is 0 Å². The Hall–Kier alpha value is -1.21. The van der Waals surface area contributed by atoms with Crippen LogP contribution in [0, 0.1) is 0 Å². The van der Waals surface area contributed by atoms with Crippen LogP contribution < -0.4 is 0 Å². The van der Waals surface area contributed by atoms with Crippen molar-refractivity contribution in [2.75, 3.05) is 0 Å². The third kappa shape index (κ3) is 2.73. The van der Waals surface area contributed by atoms with Gasteiger partial charge in [0.2, 0.25) is 0 Å². The molecule has 2 aliphatic rings. The Morgan fingerprint density at radius 1 is 0.647 bits per heavy atom. The van der Waals surface area contributed by atoms with Crippen molar-refractivity contribution in [2.45, 2.75) is 24.3 Å². The van der Waals surface area contributed by atoms with Crippen molar-refractivity contribution in [1.29, 1.82) is 0 Å². The van der Waals surface area contributed by atoms with E-state index in [-0.39, 0.29) is 0 Å². The molecule has 86 valence electrons. The minimum Gasteiger partial charge on any atom is -0.152 e. The summed E-state index contributed by atoms with van der Waals surface area (Å²) in [5.74, 6) is 2.24. The zero-order chi connectivity index (χ0) is 11.5. The number of aryl methyl sites for hydroxylation is 2. The van der Waals surface area contributed by atoms with Crippen molar-refractivity contribution >= 4 is 11.8 Å². The summed E-state index contributed by atoms with van der Waals surface area (Å²) >= 11 is 2.00. The van der Waals surface area contributed by atoms with Gasteiger partial charge < -0.3 is 0 Å². The van der Waals surface area contributed by atoms with E-state index in [9.17, 15) is 0 Å². The minimum atomic E-state index is 1.12. The molecule has 0 N–H and O–H groups in total. The number of thioether (sulfide) groups is 1. The molecule has 0 radical (unpaired) electrons. The van der Waals surface area contributed by atoms with E-state index < -0.39 is 0 Å². The fourth-order valence-electron chi connectivity index (χ4n) is 2.25. The summed E-state index contributed by atoms with van der Waals surface area (Å²) in [5, 5.41) is 0. The summed E-state index contributed by atoms with van der Waals surface area (Å²) < 4.78 is 0. The highest BCUT2D eigenvalue weighted by molar-refractivity contribution is 7.97. The smallest absolute Gasteiger partial charge is 0.0188 e. The molecule has 0 amide bonds. The van der Waals surface area contributed by atoms with Crippen molar-refractivity contribution in [2.24, 2.45) is 0 Å². The lowest BCUT2D eigenvalue weighted by atomic mass is 10.0. The Kier molecular flexibility index (Phi) is 3.19. The number of benzene rings is 2. The second-order valence-corrected chi connectivity index (χ2v) is 5.61. The van der Waals surface area contributed by atoms with Crippen LogP contribution in [-0.2, 0) is 24.3 Å². The zero-order valence-electron chi connectivity index (χ0n) is 9.86. The molecule has 0 aromatic heterocycles. The molecule has 0 fully saturated rings. The molecule has 2 aromatic rings. The second-order valence-electron chi connectivity index (χ2n) is 4.63. The Morgan fingerprint density at radius 3 is 2.18 bits per heavy atom. The van der Waals surface area contributed by atoms with Crippen LogP contribution in [-0.4, -0.2) is 0 Å². The molecular weight excluding hydrogens is 224 g/mol. The molecule has 0 aliphatic carbocycles. The van der Waals surface area contributed by atoms with Gasteiger partial charge in [-0.2, -0.15) is 11.8 Å². The molecule has 4 bridgehead atoms. The standard InChI is InChI=1S/C16H16S/c1-2-14-7-4-13-5-8-15(9-6-13)11-17-12-16(3-1)10-14/h1-3,5-6,8-10H,4,7,11-12H2. The maximum absolute atomic E-state index is 2.36. The molecule has 0 unspecified atom stereocenters. The van der Waals surface area contributed by atoms with Gasteiger partial charge in [-0.1, -0.05) is 48.5 Å². The van der Waals surface area contributed by atoms with Crippen molar-refractivity contribution in [3.63, 3.8) is 0 Å². The topological polar surface area (TPSA) is 0 Å². The first kappa shape index (κ1) is 10.9. The lowest BCUT2D eigenvalue weighted by molar-refractivity contribution is 0.956. The van der Waals surface area contributed by atoms with Gasteiger partial charge in [0, 0.05) is 11.5 Å². The minimum absolute atomic E-state index is 1.12. The van der Waals surface area contributed by atoms with Crippen LogP contribution in [0.1, 0.15) is 22.3 Å². The molecule has 0 saturated heterocycles. The summed E-state index contributed by atoms with van der Waals surface area (Å²) in [6, 6.07) is 18.2. The Morgan fingerprint density at radius 2 is 1.29 bits per heavy atom. The summed E-state index contributed by atoms with van der Waals surface area (Å²) in [7, 11) is 0. The number of hydrogen-bond acceptors (Lipinski definition) is 1. The largest absolute Gasteiger partial charge is 0.152 e. The summed E-state index contributed by atoms with van der Waals surface area (Å²) in [6.45, 7) is 0. The highest BCUT2D eigenvalue weighted by Gasteiger charge is 2.02. The average molecular weight is 240 g/mol. The van der Waals surface area contributed by atoms with Crippen molar-refractivity contribution < 1.29 is 0 Å². The lowest BCUT2D eigenvalue weighted by Crippen LogP contribution is -1.95. The van der Waals surface area contributed by atoms with Crippen molar-refractivity contribution in [3.8, 4) is 0 Å². The molecule has 0 nitrogen and oxygen atoms in total. The van der Waals surface area contributed by atoms with Gasteiger partial charge in [0.1, 0.15) is 0 Å². The molecule has 1 heteroatoms. The van der Waals surface area contributed by atoms with Gasteiger partial charge in [0.15, 0.2) is 0 Å². The van der Waals surface area contributed by atoms with Crippen molar-refractivity contribution in [3.05, 3.63) is 70.8 Å². The van der Waals surface area contributed by atoms with Crippen LogP contribution in [0.4, 0.5) is 0 Å². The van der Waals surface area contributed by atoms with Crippen LogP contribution in [0.2, 0.25) is 0 Å². The highest BCUT2D eigenvalue weighted by atomic mass is 32.2. The second kappa shape index (κ2) is 4.97. The molecule has 0 atom stereocenters. The lowest BCUT2D eigenvalue weighted by Gasteiger charge is -2.09. The summed E-state index contributed by atoms with van der Waals surface area (Å²) in [6.07, 6.45) is 2.30. The van der Waals surface area contributed by atoms with E-state index in [1.165, 1.54) is 22.3 Å². The first-order valence-corrected chi connectivity index (χ1v) is 7.29. The number of hydrogen-bond donors (Lipinski definition) is 0. The third-order valence-corrected chi connectivity index (χ3v) is 4.33. The fraction of sp³-hybridized carbons (Fsp3) is 0.250. The molecule has 0 spiro atoms. The Bertz CT molecular complexity index is 499. The Labute approximate surface area is 107 Å². The summed E-state index contributed by atoms with van der Waals surface area (Å²) in [5.41, 5.74) is 5.82. The van der Waals surface area contributed by atoms with Gasteiger partial charge in [-0.05, 0) is 35.1 Å². The van der Waals surface area contributed by atoms with E-state index in [0.717, 1.165) is 24.3 Å². The quantitative estimate of drug-likeness (QED) is 0.664. The normalized spacial score (nSPS) is 15.1. The zero-order valence-corrected chi connectivity index (χ0v) is 10.7. The molecule has 17 heavy (non-hydrogen) atoms. The maximum atomic E-state index is 2.36. The Balaban J connectivity index is 1.91. The van der Waals surface area contributed by atoms with Gasteiger partial charge in [0.05, 0.1) is 0 Å². The molecule has 2 aliphatic heterocycles. The van der Waals surface area contributed by atoms with E-state index >= 15 is 0 Å². The van der Waals surface area contributed by atoms with E-state index in [1.54, 1.807) is 0 Å². The summed E-state index contributed by atoms with van der Waals surface area (Å²) in [4.78, 5) is 0. The molecular formula is C16H16S. The number of fused-ring (bicyclic) bond motifs is 5. The van der Waals surface area contributed by atoms with Crippen LogP contribution in [0.3, 0.4) is 0 Å². The van der Waals surface area contributed by atoms with Gasteiger partial charge in [-0.3, -0.25) is 0 Å². The van der Waals surface area contributed by atoms with Crippen LogP contribution in [0.15, 0.2) is 48.5 Å². The van der Waals surface area contributed by atoms with E-state index in [1.807, 2.05) is 11.8 Å². The third-order valence-electron chi connectivity index (χ3n) is 3.25. The first-order chi connectivity index (χ1) is 8.40. The molecule has 0 saturated carbocycles. The molecule has 4 rings (SSSR count). The SMILES string of the molecule is c1cc2cc(c1)CSCc1ccc(cc1)CC2. The van der Waals surface area contributed by atoms with E-state index in [0.29, 0.717) is 0 Å². The van der Waals surface area contributed by atoms with E-state index in [2.05, 4.69) is 48.5 Å². The maximum Gasteiger partial charge on any atom is 0.0188 e. The molecule has 2 aromatic carbocycles. The highest BCUT2D eigenvalue weighted by Crippen LogP contribution is 2.21. The van der Waals surface area contributed by atoms with E-state index in [4.69, 9.17) is 0 Å². The predicted molar refractivity (Wildman–Crippen MR) is 75.3 cm³/mol. The van der Waals surface area contributed by atoms with Crippen LogP contribution >= 0.6 is 11.8 Å². The average Bonchev–Trinajstić information content (AvgIpc) is 2.37. The van der Waals surface area contributed by atoms with Gasteiger partial charge in [-0.15, -0.1) is 0 Å².